The van der Waals surface area contributed by atoms with Gasteiger partial charge >= 0.3 is 0 Å². The van der Waals surface area contributed by atoms with E-state index in [0.717, 1.165) is 5.75 Å². The number of nitrogens with zero attached hydrogens (tertiary/aromatic N) is 2. The van der Waals surface area contributed by atoms with E-state index in [4.69, 9.17) is 16.3 Å². The van der Waals surface area contributed by atoms with Gasteiger partial charge in [0.25, 0.3) is 5.91 Å². The van der Waals surface area contributed by atoms with E-state index in [1.807, 2.05) is 6.92 Å². The van der Waals surface area contributed by atoms with Crippen LogP contribution in [0.15, 0.2) is 52.9 Å². The highest BCUT2D eigenvalue weighted by molar-refractivity contribution is 8.02. The Balaban J connectivity index is 1.55. The lowest BCUT2D eigenvalue weighted by molar-refractivity contribution is -0.115. The minimum Gasteiger partial charge on any atom is -0.494 e. The summed E-state index contributed by atoms with van der Waals surface area (Å²) in [5, 5.41) is 13.8. The number of benzene rings is 2. The van der Waals surface area contributed by atoms with E-state index < -0.39 is 5.25 Å². The van der Waals surface area contributed by atoms with E-state index in [-0.39, 0.29) is 11.8 Å². The van der Waals surface area contributed by atoms with Crippen LogP contribution in [-0.2, 0) is 4.79 Å². The SMILES string of the molecule is CCOc1ccc(NC(=O)[C@H](C)Sc2nnc(NC(=O)c3ccccc3Cl)s2)cc1. The molecule has 0 aliphatic heterocycles. The third-order valence-corrected chi connectivity index (χ3v) is 6.18. The van der Waals surface area contributed by atoms with Crippen LogP contribution in [0, 0.1) is 0 Å². The predicted molar refractivity (Wildman–Crippen MR) is 121 cm³/mol. The van der Waals surface area contributed by atoms with Crippen LogP contribution in [0.1, 0.15) is 24.2 Å². The van der Waals surface area contributed by atoms with Crippen LogP contribution >= 0.6 is 34.7 Å². The van der Waals surface area contributed by atoms with Crippen molar-refractivity contribution in [1.82, 2.24) is 10.2 Å². The number of anilines is 2. The van der Waals surface area contributed by atoms with Gasteiger partial charge in [-0.2, -0.15) is 0 Å². The van der Waals surface area contributed by atoms with Crippen molar-refractivity contribution in [3.63, 3.8) is 0 Å². The molecule has 30 heavy (non-hydrogen) atoms. The fourth-order valence-corrected chi connectivity index (χ4v) is 4.48. The Bertz CT molecular complexity index is 1030. The van der Waals surface area contributed by atoms with Crippen molar-refractivity contribution in [3.8, 4) is 5.75 Å². The summed E-state index contributed by atoms with van der Waals surface area (Å²) in [6.45, 7) is 4.27. The Kier molecular flexibility index (Phi) is 7.67. The normalized spacial score (nSPS) is 11.6. The summed E-state index contributed by atoms with van der Waals surface area (Å²) in [6, 6.07) is 13.9. The van der Waals surface area contributed by atoms with Gasteiger partial charge in [0.15, 0.2) is 4.34 Å². The molecule has 0 radical (unpaired) electrons. The molecular weight excluding hydrogens is 444 g/mol. The molecule has 10 heteroatoms. The molecule has 0 bridgehead atoms. The third kappa shape index (κ3) is 5.94. The van der Waals surface area contributed by atoms with Crippen molar-refractivity contribution in [1.29, 1.82) is 0 Å². The van der Waals surface area contributed by atoms with Crippen LogP contribution < -0.4 is 15.4 Å². The molecule has 2 amide bonds. The van der Waals surface area contributed by atoms with Crippen LogP contribution in [-0.4, -0.2) is 33.9 Å². The summed E-state index contributed by atoms with van der Waals surface area (Å²) < 4.78 is 5.96. The Morgan fingerprint density at radius 1 is 1.13 bits per heavy atom. The summed E-state index contributed by atoms with van der Waals surface area (Å²) >= 11 is 8.49. The van der Waals surface area contributed by atoms with Crippen molar-refractivity contribution in [2.45, 2.75) is 23.4 Å². The summed E-state index contributed by atoms with van der Waals surface area (Å²) in [5.41, 5.74) is 1.03. The molecule has 0 saturated heterocycles. The molecule has 0 saturated carbocycles. The molecule has 0 aliphatic rings. The quantitative estimate of drug-likeness (QED) is 0.363. The van der Waals surface area contributed by atoms with E-state index in [1.165, 1.54) is 23.1 Å². The monoisotopic (exact) mass is 462 g/mol. The number of halogens is 1. The van der Waals surface area contributed by atoms with Crippen LogP contribution in [0.4, 0.5) is 10.8 Å². The maximum absolute atomic E-state index is 12.4. The smallest absolute Gasteiger partial charge is 0.259 e. The van der Waals surface area contributed by atoms with Gasteiger partial charge in [0.1, 0.15) is 5.75 Å². The highest BCUT2D eigenvalue weighted by atomic mass is 35.5. The van der Waals surface area contributed by atoms with Gasteiger partial charge in [-0.15, -0.1) is 10.2 Å². The fraction of sp³-hybridized carbons (Fsp3) is 0.200. The minimum absolute atomic E-state index is 0.166. The molecule has 3 rings (SSSR count). The number of amides is 2. The molecule has 2 aromatic carbocycles. The van der Waals surface area contributed by atoms with Crippen molar-refractivity contribution >= 4 is 57.3 Å². The van der Waals surface area contributed by atoms with E-state index in [1.54, 1.807) is 55.5 Å². The highest BCUT2D eigenvalue weighted by Crippen LogP contribution is 2.30. The largest absolute Gasteiger partial charge is 0.494 e. The average Bonchev–Trinajstić information content (AvgIpc) is 3.16. The first-order valence-corrected chi connectivity index (χ1v) is 11.1. The summed E-state index contributed by atoms with van der Waals surface area (Å²) in [5.74, 6) is 0.216. The standard InChI is InChI=1S/C20H19ClN4O3S2/c1-3-28-14-10-8-13(9-11-14)22-17(26)12(2)29-20-25-24-19(30-20)23-18(27)15-6-4-5-7-16(15)21/h4-12H,3H2,1-2H3,(H,22,26)(H,23,24,27)/t12-/m0/s1. The van der Waals surface area contributed by atoms with E-state index in [0.29, 0.717) is 32.4 Å². The molecule has 3 aromatic rings. The van der Waals surface area contributed by atoms with E-state index in [2.05, 4.69) is 20.8 Å². The number of carbonyl (C=O) groups is 2. The van der Waals surface area contributed by atoms with Gasteiger partial charge in [-0.05, 0) is 50.2 Å². The van der Waals surface area contributed by atoms with Crippen LogP contribution in [0.3, 0.4) is 0 Å². The summed E-state index contributed by atoms with van der Waals surface area (Å²) in [6.07, 6.45) is 0. The zero-order valence-corrected chi connectivity index (χ0v) is 18.6. The summed E-state index contributed by atoms with van der Waals surface area (Å²) in [7, 11) is 0. The number of hydrogen-bond acceptors (Lipinski definition) is 7. The number of nitrogens with one attached hydrogen (secondary N) is 2. The first kappa shape index (κ1) is 22.1. The first-order valence-electron chi connectivity index (χ1n) is 9.06. The van der Waals surface area contributed by atoms with Crippen molar-refractivity contribution in [2.24, 2.45) is 0 Å². The lowest BCUT2D eigenvalue weighted by atomic mass is 10.2. The lowest BCUT2D eigenvalue weighted by Crippen LogP contribution is -2.22. The van der Waals surface area contributed by atoms with Gasteiger partial charge in [0.2, 0.25) is 11.0 Å². The number of rotatable bonds is 8. The van der Waals surface area contributed by atoms with Gasteiger partial charge in [-0.1, -0.05) is 46.8 Å². The molecule has 1 atom stereocenters. The second-order valence-electron chi connectivity index (χ2n) is 6.01. The van der Waals surface area contributed by atoms with Gasteiger partial charge in [-0.25, -0.2) is 0 Å². The number of hydrogen-bond donors (Lipinski definition) is 2. The molecule has 0 unspecified atom stereocenters. The van der Waals surface area contributed by atoms with Crippen molar-refractivity contribution in [3.05, 3.63) is 59.1 Å². The minimum atomic E-state index is -0.406. The van der Waals surface area contributed by atoms with Gasteiger partial charge in [0.05, 0.1) is 22.4 Å². The van der Waals surface area contributed by atoms with Gasteiger partial charge in [0, 0.05) is 5.69 Å². The number of thioether (sulfide) groups is 1. The highest BCUT2D eigenvalue weighted by Gasteiger charge is 2.18. The molecule has 1 heterocycles. The van der Waals surface area contributed by atoms with Crippen LogP contribution in [0.25, 0.3) is 0 Å². The van der Waals surface area contributed by atoms with Crippen molar-refractivity contribution in [2.75, 3.05) is 17.2 Å². The maximum Gasteiger partial charge on any atom is 0.259 e. The predicted octanol–water partition coefficient (Wildman–Crippen LogP) is 4.96. The Morgan fingerprint density at radius 2 is 1.87 bits per heavy atom. The molecule has 1 aromatic heterocycles. The average molecular weight is 463 g/mol. The van der Waals surface area contributed by atoms with Crippen LogP contribution in [0.5, 0.6) is 5.75 Å². The van der Waals surface area contributed by atoms with E-state index in [9.17, 15) is 9.59 Å². The molecule has 0 aliphatic carbocycles. The van der Waals surface area contributed by atoms with Gasteiger partial charge < -0.3 is 10.1 Å². The Labute approximate surface area is 187 Å². The third-order valence-electron chi connectivity index (χ3n) is 3.83. The Morgan fingerprint density at radius 3 is 2.57 bits per heavy atom. The van der Waals surface area contributed by atoms with Crippen LogP contribution in [0.2, 0.25) is 5.02 Å². The molecule has 156 valence electrons. The molecule has 0 fully saturated rings. The zero-order valence-electron chi connectivity index (χ0n) is 16.2. The maximum atomic E-state index is 12.4. The molecule has 7 nitrogen and oxygen atoms in total. The number of carbonyl (C=O) groups excluding carboxylic acids is 2. The lowest BCUT2D eigenvalue weighted by Gasteiger charge is -2.11. The first-order chi connectivity index (χ1) is 14.5. The summed E-state index contributed by atoms with van der Waals surface area (Å²) in [4.78, 5) is 24.7. The van der Waals surface area contributed by atoms with Crippen molar-refractivity contribution < 1.29 is 14.3 Å². The second-order valence-corrected chi connectivity index (χ2v) is 8.99. The van der Waals surface area contributed by atoms with E-state index >= 15 is 0 Å². The Hall–Kier alpha value is -2.62. The molecular formula is C20H19ClN4O3S2. The topological polar surface area (TPSA) is 93.2 Å². The van der Waals surface area contributed by atoms with Gasteiger partial charge in [-0.3, -0.25) is 14.9 Å². The second kappa shape index (κ2) is 10.4. The fourth-order valence-electron chi connectivity index (χ4n) is 2.37. The molecule has 0 spiro atoms. The number of aromatic nitrogens is 2. The number of ether oxygens (including phenoxy) is 1. The zero-order chi connectivity index (χ0) is 21.5. The molecule has 2 N–H and O–H groups in total.